The lowest BCUT2D eigenvalue weighted by atomic mass is 9.83. The van der Waals surface area contributed by atoms with Crippen LogP contribution in [0.15, 0.2) is 0 Å². The fourth-order valence-corrected chi connectivity index (χ4v) is 4.10. The van der Waals surface area contributed by atoms with Crippen LogP contribution in [-0.2, 0) is 14.8 Å². The second-order valence-electron chi connectivity index (χ2n) is 5.00. The van der Waals surface area contributed by atoms with Gasteiger partial charge in [0.25, 0.3) is 0 Å². The Bertz CT molecular complexity index is 377. The average molecular weight is 269 g/mol. The molecule has 2 fully saturated rings. The molecule has 0 aromatic carbocycles. The Morgan fingerprint density at radius 2 is 2.06 bits per heavy atom. The predicted molar refractivity (Wildman–Crippen MR) is 58.4 cm³/mol. The molecular weight excluding hydrogens is 252 g/mol. The molecule has 0 radical (unpaired) electrons. The minimum absolute atomic E-state index is 0.146. The van der Waals surface area contributed by atoms with Gasteiger partial charge in [0.1, 0.15) is 0 Å². The van der Waals surface area contributed by atoms with Crippen molar-refractivity contribution in [1.29, 1.82) is 0 Å². The van der Waals surface area contributed by atoms with Crippen LogP contribution in [0.25, 0.3) is 0 Å². The number of hydrogen-bond acceptors (Lipinski definition) is 3. The number of hydrogen-bond donors (Lipinski definition) is 1. The van der Waals surface area contributed by atoms with Crippen molar-refractivity contribution in [3.8, 4) is 0 Å². The number of nitrogens with one attached hydrogen (secondary N) is 1. The number of halogens is 2. The first-order chi connectivity index (χ1) is 7.77. The minimum atomic E-state index is -3.47. The van der Waals surface area contributed by atoms with E-state index in [1.165, 1.54) is 0 Å². The Morgan fingerprint density at radius 1 is 1.41 bits per heavy atom. The number of alkyl halides is 2. The maximum absolute atomic E-state index is 12.6. The van der Waals surface area contributed by atoms with E-state index in [4.69, 9.17) is 4.74 Å². The number of sulfonamides is 1. The van der Waals surface area contributed by atoms with Crippen LogP contribution in [0.5, 0.6) is 0 Å². The fourth-order valence-electron chi connectivity index (χ4n) is 2.38. The molecule has 100 valence electrons. The van der Waals surface area contributed by atoms with Crippen LogP contribution in [0.4, 0.5) is 8.78 Å². The Morgan fingerprint density at radius 3 is 2.53 bits per heavy atom. The molecule has 1 aliphatic carbocycles. The molecule has 1 N–H and O–H groups in total. The summed E-state index contributed by atoms with van der Waals surface area (Å²) in [5.74, 6) is -3.28. The van der Waals surface area contributed by atoms with Crippen molar-refractivity contribution in [3.05, 3.63) is 0 Å². The van der Waals surface area contributed by atoms with Crippen molar-refractivity contribution in [2.45, 2.75) is 44.3 Å². The topological polar surface area (TPSA) is 55.4 Å². The van der Waals surface area contributed by atoms with Gasteiger partial charge in [0.05, 0.1) is 11.9 Å². The first kappa shape index (κ1) is 13.2. The Hall–Kier alpha value is -0.270. The van der Waals surface area contributed by atoms with Crippen LogP contribution in [0.1, 0.15) is 26.2 Å². The zero-order valence-corrected chi connectivity index (χ0v) is 10.5. The normalized spacial score (nSPS) is 33.6. The third-order valence-electron chi connectivity index (χ3n) is 3.34. The van der Waals surface area contributed by atoms with Gasteiger partial charge in [-0.05, 0) is 19.3 Å². The monoisotopic (exact) mass is 269 g/mol. The quantitative estimate of drug-likeness (QED) is 0.832. The van der Waals surface area contributed by atoms with Crippen LogP contribution >= 0.6 is 0 Å². The van der Waals surface area contributed by atoms with E-state index in [0.717, 1.165) is 0 Å². The maximum Gasteiger partial charge on any atom is 0.248 e. The molecule has 2 rings (SSSR count). The molecule has 0 aromatic heterocycles. The number of ether oxygens (including phenoxy) is 1. The largest absolute Gasteiger partial charge is 0.377 e. The average Bonchev–Trinajstić information content (AvgIpc) is 2.47. The van der Waals surface area contributed by atoms with Crippen LogP contribution < -0.4 is 4.72 Å². The SMILES string of the molecule is CC1OCCC1NS(=O)(=O)CC1CC(F)(F)C1. The van der Waals surface area contributed by atoms with Crippen LogP contribution in [-0.4, -0.2) is 38.8 Å². The lowest BCUT2D eigenvalue weighted by Crippen LogP contribution is -2.45. The van der Waals surface area contributed by atoms with Gasteiger partial charge in [-0.15, -0.1) is 0 Å². The zero-order chi connectivity index (χ0) is 12.7. The highest BCUT2D eigenvalue weighted by Gasteiger charge is 2.47. The smallest absolute Gasteiger partial charge is 0.248 e. The molecule has 2 unspecified atom stereocenters. The van der Waals surface area contributed by atoms with Crippen molar-refractivity contribution < 1.29 is 21.9 Å². The van der Waals surface area contributed by atoms with Crippen molar-refractivity contribution in [3.63, 3.8) is 0 Å². The van der Waals surface area contributed by atoms with Gasteiger partial charge >= 0.3 is 0 Å². The second kappa shape index (κ2) is 4.44. The highest BCUT2D eigenvalue weighted by molar-refractivity contribution is 7.89. The van der Waals surface area contributed by atoms with Crippen molar-refractivity contribution >= 4 is 10.0 Å². The van der Waals surface area contributed by atoms with E-state index in [2.05, 4.69) is 4.72 Å². The number of rotatable bonds is 4. The zero-order valence-electron chi connectivity index (χ0n) is 9.66. The van der Waals surface area contributed by atoms with Gasteiger partial charge in [-0.2, -0.15) is 0 Å². The van der Waals surface area contributed by atoms with Gasteiger partial charge in [-0.3, -0.25) is 0 Å². The van der Waals surface area contributed by atoms with Crippen molar-refractivity contribution in [1.82, 2.24) is 4.72 Å². The molecule has 0 amide bonds. The molecule has 0 bridgehead atoms. The molecule has 2 aliphatic rings. The van der Waals surface area contributed by atoms with Gasteiger partial charge in [-0.25, -0.2) is 21.9 Å². The summed E-state index contributed by atoms with van der Waals surface area (Å²) in [4.78, 5) is 0. The van der Waals surface area contributed by atoms with Crippen LogP contribution in [0.2, 0.25) is 0 Å². The fraction of sp³-hybridized carbons (Fsp3) is 1.00. The molecule has 0 spiro atoms. The van der Waals surface area contributed by atoms with Gasteiger partial charge in [0.15, 0.2) is 0 Å². The van der Waals surface area contributed by atoms with E-state index in [0.29, 0.717) is 13.0 Å². The van der Waals surface area contributed by atoms with Crippen LogP contribution in [0.3, 0.4) is 0 Å². The molecule has 1 aliphatic heterocycles. The molecule has 17 heavy (non-hydrogen) atoms. The lowest BCUT2D eigenvalue weighted by Gasteiger charge is -2.34. The molecule has 1 saturated heterocycles. The van der Waals surface area contributed by atoms with E-state index >= 15 is 0 Å². The standard InChI is InChI=1S/C10H17F2NO3S/c1-7-9(2-3-16-7)13-17(14,15)6-8-4-10(11,12)5-8/h7-9,13H,2-6H2,1H3. The third-order valence-corrected chi connectivity index (χ3v) is 4.91. The van der Waals surface area contributed by atoms with Gasteiger partial charge in [0.2, 0.25) is 15.9 Å². The molecule has 4 nitrogen and oxygen atoms in total. The summed E-state index contributed by atoms with van der Waals surface area (Å²) in [7, 11) is -3.47. The van der Waals surface area contributed by atoms with E-state index < -0.39 is 21.9 Å². The summed E-state index contributed by atoms with van der Waals surface area (Å²) in [6.07, 6.45) is -0.135. The summed E-state index contributed by atoms with van der Waals surface area (Å²) in [6, 6.07) is -0.222. The van der Waals surface area contributed by atoms with Gasteiger partial charge in [-0.1, -0.05) is 0 Å². The van der Waals surface area contributed by atoms with Crippen LogP contribution in [0, 0.1) is 5.92 Å². The summed E-state index contributed by atoms with van der Waals surface area (Å²) in [5.41, 5.74) is 0. The summed E-state index contributed by atoms with van der Waals surface area (Å²) in [5, 5.41) is 0. The van der Waals surface area contributed by atoms with Crippen molar-refractivity contribution in [2.75, 3.05) is 12.4 Å². The molecule has 1 saturated carbocycles. The first-order valence-corrected chi connectivity index (χ1v) is 7.42. The summed E-state index contributed by atoms with van der Waals surface area (Å²) >= 11 is 0. The molecule has 7 heteroatoms. The van der Waals surface area contributed by atoms with E-state index in [1.54, 1.807) is 6.92 Å². The van der Waals surface area contributed by atoms with E-state index in [1.807, 2.05) is 0 Å². The lowest BCUT2D eigenvalue weighted by molar-refractivity contribution is -0.103. The van der Waals surface area contributed by atoms with E-state index in [9.17, 15) is 17.2 Å². The molecule has 0 aromatic rings. The van der Waals surface area contributed by atoms with E-state index in [-0.39, 0.29) is 30.7 Å². The predicted octanol–water partition coefficient (Wildman–Crippen LogP) is 1.13. The maximum atomic E-state index is 12.6. The van der Waals surface area contributed by atoms with Crippen molar-refractivity contribution in [2.24, 2.45) is 5.92 Å². The summed E-state index contributed by atoms with van der Waals surface area (Å²) < 4.78 is 56.4. The highest BCUT2D eigenvalue weighted by Crippen LogP contribution is 2.42. The molecule has 2 atom stereocenters. The Balaban J connectivity index is 1.83. The molecule has 1 heterocycles. The Labute approximate surface area is 99.8 Å². The summed E-state index contributed by atoms with van der Waals surface area (Å²) in [6.45, 7) is 2.34. The highest BCUT2D eigenvalue weighted by atomic mass is 32.2. The van der Waals surface area contributed by atoms with Gasteiger partial charge in [0, 0.05) is 25.5 Å². The first-order valence-electron chi connectivity index (χ1n) is 5.77. The second-order valence-corrected chi connectivity index (χ2v) is 6.80. The van der Waals surface area contributed by atoms with Gasteiger partial charge < -0.3 is 4.74 Å². The third kappa shape index (κ3) is 3.35. The Kier molecular flexibility index (Phi) is 3.44. The minimum Gasteiger partial charge on any atom is -0.377 e. The molecular formula is C10H17F2NO3S.